The molecular formula is C23H16F3N3O3S. The minimum Gasteiger partial charge on any atom is -0.462 e. The lowest BCUT2D eigenvalue weighted by Crippen LogP contribution is -2.16. The van der Waals surface area contributed by atoms with E-state index in [1.54, 1.807) is 35.9 Å². The highest BCUT2D eigenvalue weighted by Crippen LogP contribution is 2.31. The number of anilines is 2. The van der Waals surface area contributed by atoms with Crippen LogP contribution in [0.1, 0.15) is 21.6 Å². The Morgan fingerprint density at radius 3 is 2.45 bits per heavy atom. The number of benzene rings is 2. The molecule has 4 rings (SSSR count). The molecule has 0 unspecified atom stereocenters. The number of amides is 2. The van der Waals surface area contributed by atoms with Gasteiger partial charge in [-0.3, -0.25) is 9.59 Å². The van der Waals surface area contributed by atoms with Crippen LogP contribution in [0.4, 0.5) is 24.5 Å². The number of aromatic nitrogens is 1. The number of carbonyl (C=O) groups excluding carboxylic acids is 2. The lowest BCUT2D eigenvalue weighted by atomic mass is 10.1. The molecule has 0 aliphatic carbocycles. The predicted molar refractivity (Wildman–Crippen MR) is 118 cm³/mol. The third kappa shape index (κ3) is 5.66. The van der Waals surface area contributed by atoms with Crippen LogP contribution in [0.2, 0.25) is 0 Å². The molecule has 0 radical (unpaired) electrons. The molecular weight excluding hydrogens is 455 g/mol. The Balaban J connectivity index is 1.39. The van der Waals surface area contributed by atoms with Crippen molar-refractivity contribution in [2.24, 2.45) is 0 Å². The summed E-state index contributed by atoms with van der Waals surface area (Å²) in [6, 6.07) is 14.0. The van der Waals surface area contributed by atoms with Crippen LogP contribution < -0.4 is 10.6 Å². The van der Waals surface area contributed by atoms with E-state index in [1.807, 2.05) is 0 Å². The summed E-state index contributed by atoms with van der Waals surface area (Å²) in [4.78, 5) is 29.3. The Bertz CT molecular complexity index is 1280. The Morgan fingerprint density at radius 1 is 0.970 bits per heavy atom. The number of nitrogens with one attached hydrogen (secondary N) is 2. The summed E-state index contributed by atoms with van der Waals surface area (Å²) in [5.74, 6) is -0.319. The van der Waals surface area contributed by atoms with Crippen molar-refractivity contribution in [3.05, 3.63) is 89.1 Å². The number of furan rings is 1. The molecule has 0 saturated heterocycles. The lowest BCUT2D eigenvalue weighted by molar-refractivity contribution is -0.137. The van der Waals surface area contributed by atoms with Crippen LogP contribution in [-0.2, 0) is 17.4 Å². The number of alkyl halides is 3. The predicted octanol–water partition coefficient (Wildman–Crippen LogP) is 5.86. The molecule has 0 atom stereocenters. The molecule has 0 saturated carbocycles. The highest BCUT2D eigenvalue weighted by molar-refractivity contribution is 7.13. The largest absolute Gasteiger partial charge is 0.462 e. The summed E-state index contributed by atoms with van der Waals surface area (Å²) >= 11 is 1.36. The van der Waals surface area contributed by atoms with E-state index in [0.29, 0.717) is 22.1 Å². The standard InChI is InChI=1S/C23H16F3N3O3S/c24-23(25,26)15-5-2-7-17(11-15)28-21(31)14-4-1-6-16(10-14)27-20(30)12-18-13-33-22(29-18)19-8-3-9-32-19/h1-11,13H,12H2,(H,27,30)(H,28,31). The molecule has 2 heterocycles. The van der Waals surface area contributed by atoms with Crippen LogP contribution in [0.5, 0.6) is 0 Å². The molecule has 2 aromatic heterocycles. The Morgan fingerprint density at radius 2 is 1.73 bits per heavy atom. The maximum Gasteiger partial charge on any atom is 0.416 e. The molecule has 33 heavy (non-hydrogen) atoms. The monoisotopic (exact) mass is 471 g/mol. The SMILES string of the molecule is O=C(Cc1csc(-c2ccco2)n1)Nc1cccc(C(=O)Nc2cccc(C(F)(F)F)c2)c1. The zero-order chi connectivity index (χ0) is 23.4. The van der Waals surface area contributed by atoms with Gasteiger partial charge in [-0.15, -0.1) is 11.3 Å². The van der Waals surface area contributed by atoms with E-state index in [1.165, 1.54) is 35.6 Å². The van der Waals surface area contributed by atoms with Crippen LogP contribution in [0, 0.1) is 0 Å². The third-order valence-electron chi connectivity index (χ3n) is 4.48. The molecule has 2 aromatic carbocycles. The Kier molecular flexibility index (Phi) is 6.27. The summed E-state index contributed by atoms with van der Waals surface area (Å²) in [5.41, 5.74) is 0.276. The first kappa shape index (κ1) is 22.3. The summed E-state index contributed by atoms with van der Waals surface area (Å²) in [6.07, 6.45) is -2.95. The highest BCUT2D eigenvalue weighted by atomic mass is 32.1. The van der Waals surface area contributed by atoms with Gasteiger partial charge in [-0.25, -0.2) is 4.98 Å². The van der Waals surface area contributed by atoms with E-state index >= 15 is 0 Å². The molecule has 4 aromatic rings. The fourth-order valence-corrected chi connectivity index (χ4v) is 3.77. The lowest BCUT2D eigenvalue weighted by Gasteiger charge is -2.11. The van der Waals surface area contributed by atoms with E-state index < -0.39 is 17.6 Å². The molecule has 2 amide bonds. The Labute approximate surface area is 190 Å². The van der Waals surface area contributed by atoms with E-state index in [0.717, 1.165) is 12.1 Å². The number of halogens is 3. The maximum absolute atomic E-state index is 12.9. The molecule has 6 nitrogen and oxygen atoms in total. The number of hydrogen-bond donors (Lipinski definition) is 2. The molecule has 0 aliphatic rings. The summed E-state index contributed by atoms with van der Waals surface area (Å²) in [7, 11) is 0. The molecule has 0 bridgehead atoms. The number of carbonyl (C=O) groups is 2. The Hall–Kier alpha value is -3.92. The molecule has 168 valence electrons. The first-order valence-corrected chi connectivity index (χ1v) is 10.5. The van der Waals surface area contributed by atoms with Gasteiger partial charge < -0.3 is 15.1 Å². The van der Waals surface area contributed by atoms with E-state index in [-0.39, 0.29) is 23.6 Å². The molecule has 2 N–H and O–H groups in total. The van der Waals surface area contributed by atoms with Crippen molar-refractivity contribution in [2.45, 2.75) is 12.6 Å². The molecule has 0 fully saturated rings. The quantitative estimate of drug-likeness (QED) is 0.369. The van der Waals surface area contributed by atoms with Gasteiger partial charge in [0.2, 0.25) is 5.91 Å². The fourth-order valence-electron chi connectivity index (χ4n) is 2.99. The normalized spacial score (nSPS) is 11.2. The summed E-state index contributed by atoms with van der Waals surface area (Å²) < 4.78 is 43.9. The van der Waals surface area contributed by atoms with Crippen molar-refractivity contribution < 1.29 is 27.2 Å². The number of nitrogens with zero attached hydrogens (tertiary/aromatic N) is 1. The second-order valence-electron chi connectivity index (χ2n) is 6.96. The first-order valence-electron chi connectivity index (χ1n) is 9.65. The summed E-state index contributed by atoms with van der Waals surface area (Å²) in [5, 5.41) is 7.56. The third-order valence-corrected chi connectivity index (χ3v) is 5.39. The van der Waals surface area contributed by atoms with Crippen LogP contribution in [-0.4, -0.2) is 16.8 Å². The topological polar surface area (TPSA) is 84.2 Å². The molecule has 0 spiro atoms. The maximum atomic E-state index is 12.9. The van der Waals surface area contributed by atoms with Crippen molar-refractivity contribution in [2.75, 3.05) is 10.6 Å². The van der Waals surface area contributed by atoms with Gasteiger partial charge in [-0.1, -0.05) is 12.1 Å². The number of hydrogen-bond acceptors (Lipinski definition) is 5. The van der Waals surface area contributed by atoms with Gasteiger partial charge in [-0.05, 0) is 48.5 Å². The van der Waals surface area contributed by atoms with E-state index in [4.69, 9.17) is 4.42 Å². The van der Waals surface area contributed by atoms with Gasteiger partial charge in [0, 0.05) is 22.3 Å². The second kappa shape index (κ2) is 9.29. The van der Waals surface area contributed by atoms with Crippen LogP contribution in [0.15, 0.2) is 76.7 Å². The van der Waals surface area contributed by atoms with Crippen LogP contribution in [0.3, 0.4) is 0 Å². The summed E-state index contributed by atoms with van der Waals surface area (Å²) in [6.45, 7) is 0. The van der Waals surface area contributed by atoms with Crippen molar-refractivity contribution in [3.63, 3.8) is 0 Å². The van der Waals surface area contributed by atoms with Crippen molar-refractivity contribution >= 4 is 34.5 Å². The van der Waals surface area contributed by atoms with Gasteiger partial charge >= 0.3 is 6.18 Å². The van der Waals surface area contributed by atoms with Gasteiger partial charge in [0.15, 0.2) is 10.8 Å². The number of thiazole rings is 1. The van der Waals surface area contributed by atoms with Crippen molar-refractivity contribution in [1.82, 2.24) is 4.98 Å². The second-order valence-corrected chi connectivity index (χ2v) is 7.82. The van der Waals surface area contributed by atoms with E-state index in [2.05, 4.69) is 15.6 Å². The van der Waals surface area contributed by atoms with Gasteiger partial charge in [0.1, 0.15) is 0 Å². The highest BCUT2D eigenvalue weighted by Gasteiger charge is 2.30. The molecule has 10 heteroatoms. The van der Waals surface area contributed by atoms with Gasteiger partial charge in [0.25, 0.3) is 5.91 Å². The average molecular weight is 471 g/mol. The average Bonchev–Trinajstić information content (AvgIpc) is 3.45. The van der Waals surface area contributed by atoms with Crippen molar-refractivity contribution in [3.8, 4) is 10.8 Å². The van der Waals surface area contributed by atoms with Crippen molar-refractivity contribution in [1.29, 1.82) is 0 Å². The van der Waals surface area contributed by atoms with Crippen LogP contribution in [0.25, 0.3) is 10.8 Å². The van der Waals surface area contributed by atoms with E-state index in [9.17, 15) is 22.8 Å². The van der Waals surface area contributed by atoms with Crippen LogP contribution >= 0.6 is 11.3 Å². The van der Waals surface area contributed by atoms with Gasteiger partial charge in [-0.2, -0.15) is 13.2 Å². The fraction of sp³-hybridized carbons (Fsp3) is 0.0870. The molecule has 0 aliphatic heterocycles. The first-order chi connectivity index (χ1) is 15.8. The zero-order valence-electron chi connectivity index (χ0n) is 16.8. The zero-order valence-corrected chi connectivity index (χ0v) is 17.7. The smallest absolute Gasteiger partial charge is 0.416 e. The number of rotatable bonds is 6. The van der Waals surface area contributed by atoms with Gasteiger partial charge in [0.05, 0.1) is 23.9 Å². The minimum absolute atomic E-state index is 0.0140. The minimum atomic E-state index is -4.51.